The molecule has 27 heavy (non-hydrogen) atoms. The number of aromatic nitrogens is 2. The molecule has 0 saturated carbocycles. The minimum absolute atomic E-state index is 0.239. The number of hydrogen-bond acceptors (Lipinski definition) is 3. The van der Waals surface area contributed by atoms with E-state index < -0.39 is 10.0 Å². The third-order valence-corrected chi connectivity index (χ3v) is 5.80. The first-order chi connectivity index (χ1) is 13.0. The molecule has 1 aromatic heterocycles. The van der Waals surface area contributed by atoms with E-state index in [2.05, 4.69) is 21.8 Å². The fourth-order valence-electron chi connectivity index (χ4n) is 2.96. The zero-order valence-electron chi connectivity index (χ0n) is 14.8. The van der Waals surface area contributed by atoms with Crippen LogP contribution in [0.15, 0.2) is 84.0 Å². The Hall–Kier alpha value is -3.12. The van der Waals surface area contributed by atoms with Gasteiger partial charge in [0, 0.05) is 6.54 Å². The van der Waals surface area contributed by atoms with Crippen LogP contribution in [-0.2, 0) is 16.6 Å². The number of rotatable bonds is 5. The third-order valence-electron chi connectivity index (χ3n) is 4.40. The molecule has 136 valence electrons. The van der Waals surface area contributed by atoms with Crippen LogP contribution in [0.25, 0.3) is 11.0 Å². The smallest absolute Gasteiger partial charge is 0.261 e. The highest BCUT2D eigenvalue weighted by molar-refractivity contribution is 7.92. The molecule has 0 aliphatic carbocycles. The molecule has 5 nitrogen and oxygen atoms in total. The van der Waals surface area contributed by atoms with Crippen LogP contribution < -0.4 is 4.72 Å². The van der Waals surface area contributed by atoms with Crippen LogP contribution in [0.3, 0.4) is 0 Å². The van der Waals surface area contributed by atoms with Gasteiger partial charge < -0.3 is 4.57 Å². The summed E-state index contributed by atoms with van der Waals surface area (Å²) in [6, 6.07) is 22.3. The van der Waals surface area contributed by atoms with Crippen molar-refractivity contribution in [2.75, 3.05) is 4.72 Å². The number of fused-ring (bicyclic) bond motifs is 1. The molecule has 0 spiro atoms. The number of anilines is 1. The summed E-state index contributed by atoms with van der Waals surface area (Å²) < 4.78 is 29.8. The van der Waals surface area contributed by atoms with Gasteiger partial charge in [0.25, 0.3) is 10.0 Å². The number of nitrogens with zero attached hydrogens (tertiary/aromatic N) is 2. The third kappa shape index (κ3) is 3.71. The molecule has 0 saturated heterocycles. The normalized spacial score (nSPS) is 11.6. The maximum Gasteiger partial charge on any atom is 0.261 e. The summed E-state index contributed by atoms with van der Waals surface area (Å²) in [5.41, 5.74) is 4.39. The Morgan fingerprint density at radius 1 is 0.963 bits per heavy atom. The van der Waals surface area contributed by atoms with Crippen molar-refractivity contribution in [3.8, 4) is 0 Å². The molecule has 3 aromatic carbocycles. The van der Waals surface area contributed by atoms with Crippen molar-refractivity contribution < 1.29 is 8.42 Å². The first-order valence-corrected chi connectivity index (χ1v) is 10.1. The molecule has 1 N–H and O–H groups in total. The molecule has 0 unspecified atom stereocenters. The monoisotopic (exact) mass is 377 g/mol. The van der Waals surface area contributed by atoms with Crippen LogP contribution in [0.1, 0.15) is 11.1 Å². The highest BCUT2D eigenvalue weighted by Gasteiger charge is 2.14. The van der Waals surface area contributed by atoms with E-state index in [0.29, 0.717) is 12.2 Å². The number of sulfonamides is 1. The fraction of sp³-hybridized carbons (Fsp3) is 0.0952. The van der Waals surface area contributed by atoms with Gasteiger partial charge in [0.05, 0.1) is 27.9 Å². The Morgan fingerprint density at radius 2 is 1.70 bits per heavy atom. The molecule has 0 amide bonds. The molecule has 0 bridgehead atoms. The molecule has 0 fully saturated rings. The van der Waals surface area contributed by atoms with Gasteiger partial charge in [-0.2, -0.15) is 0 Å². The van der Waals surface area contributed by atoms with Gasteiger partial charge in [0.2, 0.25) is 0 Å². The van der Waals surface area contributed by atoms with Crippen LogP contribution >= 0.6 is 0 Å². The predicted octanol–water partition coefficient (Wildman–Crippen LogP) is 4.19. The highest BCUT2D eigenvalue weighted by atomic mass is 32.2. The molecular formula is C21H19N3O2S. The molecule has 0 atom stereocenters. The first-order valence-electron chi connectivity index (χ1n) is 8.60. The van der Waals surface area contributed by atoms with Gasteiger partial charge in [0.15, 0.2) is 0 Å². The summed E-state index contributed by atoms with van der Waals surface area (Å²) in [7, 11) is -3.63. The van der Waals surface area contributed by atoms with Crippen LogP contribution in [0, 0.1) is 6.92 Å². The maximum absolute atomic E-state index is 12.6. The lowest BCUT2D eigenvalue weighted by Crippen LogP contribution is -2.12. The van der Waals surface area contributed by atoms with Crippen molar-refractivity contribution in [2.45, 2.75) is 18.4 Å². The number of hydrogen-bond donors (Lipinski definition) is 1. The molecule has 4 aromatic rings. The minimum Gasteiger partial charge on any atom is -0.326 e. The van der Waals surface area contributed by atoms with E-state index in [1.54, 1.807) is 42.7 Å². The maximum atomic E-state index is 12.6. The van der Waals surface area contributed by atoms with Crippen molar-refractivity contribution in [3.63, 3.8) is 0 Å². The Labute approximate surface area is 158 Å². The SMILES string of the molecule is Cc1ccc(S(=O)(=O)Nc2ccc3c(c2)ncn3Cc2ccccc2)cc1. The zero-order valence-corrected chi connectivity index (χ0v) is 15.6. The molecule has 0 aliphatic heterocycles. The van der Waals surface area contributed by atoms with Gasteiger partial charge in [-0.1, -0.05) is 48.0 Å². The zero-order chi connectivity index (χ0) is 18.9. The second-order valence-corrected chi connectivity index (χ2v) is 8.16. The number of aryl methyl sites for hydroxylation is 1. The van der Waals surface area contributed by atoms with E-state index in [0.717, 1.165) is 16.6 Å². The molecular weight excluding hydrogens is 358 g/mol. The lowest BCUT2D eigenvalue weighted by Gasteiger charge is -2.09. The summed E-state index contributed by atoms with van der Waals surface area (Å²) in [6.07, 6.45) is 1.77. The van der Waals surface area contributed by atoms with Crippen molar-refractivity contribution >= 4 is 26.7 Å². The summed E-state index contributed by atoms with van der Waals surface area (Å²) in [5, 5.41) is 0. The van der Waals surface area contributed by atoms with Crippen LogP contribution in [0.5, 0.6) is 0 Å². The van der Waals surface area contributed by atoms with E-state index in [-0.39, 0.29) is 4.90 Å². The van der Waals surface area contributed by atoms with Crippen LogP contribution in [0.4, 0.5) is 5.69 Å². The Balaban J connectivity index is 1.60. The van der Waals surface area contributed by atoms with Gasteiger partial charge in [-0.15, -0.1) is 0 Å². The van der Waals surface area contributed by atoms with Gasteiger partial charge >= 0.3 is 0 Å². The lowest BCUT2D eigenvalue weighted by atomic mass is 10.2. The fourth-order valence-corrected chi connectivity index (χ4v) is 4.01. The summed E-state index contributed by atoms with van der Waals surface area (Å²) in [4.78, 5) is 4.66. The Bertz CT molecular complexity index is 1180. The topological polar surface area (TPSA) is 64.0 Å². The van der Waals surface area contributed by atoms with Gasteiger partial charge in [0.1, 0.15) is 0 Å². The van der Waals surface area contributed by atoms with E-state index >= 15 is 0 Å². The average Bonchev–Trinajstić information content (AvgIpc) is 3.05. The quantitative estimate of drug-likeness (QED) is 0.567. The first kappa shape index (κ1) is 17.3. The Morgan fingerprint density at radius 3 is 2.44 bits per heavy atom. The predicted molar refractivity (Wildman–Crippen MR) is 107 cm³/mol. The van der Waals surface area contributed by atoms with Crippen molar-refractivity contribution in [2.24, 2.45) is 0 Å². The van der Waals surface area contributed by atoms with Crippen LogP contribution in [0.2, 0.25) is 0 Å². The van der Waals surface area contributed by atoms with E-state index in [1.807, 2.05) is 35.8 Å². The van der Waals surface area contributed by atoms with Gasteiger partial charge in [-0.05, 0) is 42.8 Å². The average molecular weight is 377 g/mol. The standard InChI is InChI=1S/C21H19N3O2S/c1-16-7-10-19(11-8-16)27(25,26)23-18-9-12-21-20(13-18)22-15-24(21)14-17-5-3-2-4-6-17/h2-13,15,23H,14H2,1H3. The van der Waals surface area contributed by atoms with Gasteiger partial charge in [-0.25, -0.2) is 13.4 Å². The summed E-state index contributed by atoms with van der Waals surface area (Å²) >= 11 is 0. The van der Waals surface area contributed by atoms with E-state index in [9.17, 15) is 8.42 Å². The molecule has 0 aliphatic rings. The highest BCUT2D eigenvalue weighted by Crippen LogP contribution is 2.22. The molecule has 1 heterocycles. The van der Waals surface area contributed by atoms with Crippen LogP contribution in [-0.4, -0.2) is 18.0 Å². The van der Waals surface area contributed by atoms with E-state index in [4.69, 9.17) is 0 Å². The minimum atomic E-state index is -3.63. The lowest BCUT2D eigenvalue weighted by molar-refractivity contribution is 0.601. The second-order valence-electron chi connectivity index (χ2n) is 6.48. The van der Waals surface area contributed by atoms with Crippen molar-refractivity contribution in [1.29, 1.82) is 0 Å². The van der Waals surface area contributed by atoms with Crippen molar-refractivity contribution in [3.05, 3.63) is 90.3 Å². The second kappa shape index (κ2) is 6.89. The largest absolute Gasteiger partial charge is 0.326 e. The van der Waals surface area contributed by atoms with Crippen molar-refractivity contribution in [1.82, 2.24) is 9.55 Å². The number of imidazole rings is 1. The molecule has 0 radical (unpaired) electrons. The molecule has 6 heteroatoms. The molecule has 4 rings (SSSR count). The van der Waals surface area contributed by atoms with Gasteiger partial charge in [-0.3, -0.25) is 4.72 Å². The van der Waals surface area contributed by atoms with E-state index in [1.165, 1.54) is 5.56 Å². The Kier molecular flexibility index (Phi) is 4.41. The summed E-state index contributed by atoms with van der Waals surface area (Å²) in [6.45, 7) is 2.63. The number of benzene rings is 3. The summed E-state index contributed by atoms with van der Waals surface area (Å²) in [5.74, 6) is 0. The number of nitrogens with one attached hydrogen (secondary N) is 1.